The zero-order valence-electron chi connectivity index (χ0n) is 9.90. The lowest BCUT2D eigenvalue weighted by atomic mass is 10.2. The summed E-state index contributed by atoms with van der Waals surface area (Å²) in [6.07, 6.45) is 8.56. The minimum absolute atomic E-state index is 0. The molecule has 0 aromatic rings. The fraction of sp³-hybridized carbons (Fsp3) is 1.00. The second-order valence-corrected chi connectivity index (χ2v) is 4.65. The van der Waals surface area contributed by atoms with E-state index in [9.17, 15) is 0 Å². The third-order valence-electron chi connectivity index (χ3n) is 3.49. The minimum Gasteiger partial charge on any atom is -1.00 e. The van der Waals surface area contributed by atoms with E-state index in [-0.39, 0.29) is 4.70 Å². The van der Waals surface area contributed by atoms with E-state index in [2.05, 4.69) is 13.8 Å². The third kappa shape index (κ3) is 3.95. The molecule has 0 bridgehead atoms. The van der Waals surface area contributed by atoms with Gasteiger partial charge in [-0.05, 0) is 12.8 Å². The molecule has 1 heterocycles. The molecule has 0 amide bonds. The summed E-state index contributed by atoms with van der Waals surface area (Å²) in [6.45, 7) is 10.5. The first-order valence-corrected chi connectivity index (χ1v) is 6.18. The lowest BCUT2D eigenvalue weighted by Gasteiger charge is -2.34. The largest absolute Gasteiger partial charge is 1.00 e. The van der Waals surface area contributed by atoms with Gasteiger partial charge in [-0.1, -0.05) is 26.7 Å². The van der Waals surface area contributed by atoms with Crippen LogP contribution in [0.5, 0.6) is 0 Å². The van der Waals surface area contributed by atoms with Gasteiger partial charge in [0.25, 0.3) is 0 Å². The number of quaternary nitrogens is 1. The standard InChI is InChI=1S/C12H26N.FH/c1-3-5-9-13(10-6-4-2)11-7-8-12-13;/h3-12H2,1-2H3;1H/q+1;/p-1. The molecule has 86 valence electrons. The fourth-order valence-electron chi connectivity index (χ4n) is 2.55. The summed E-state index contributed by atoms with van der Waals surface area (Å²) < 4.78 is 1.46. The van der Waals surface area contributed by atoms with Crippen LogP contribution >= 0.6 is 0 Å². The van der Waals surface area contributed by atoms with Crippen LogP contribution in [-0.2, 0) is 0 Å². The van der Waals surface area contributed by atoms with Crippen LogP contribution in [0.2, 0.25) is 0 Å². The number of halogens is 1. The average molecular weight is 203 g/mol. The van der Waals surface area contributed by atoms with Crippen molar-refractivity contribution in [3.63, 3.8) is 0 Å². The Morgan fingerprint density at radius 3 is 1.64 bits per heavy atom. The molecule has 1 aliphatic heterocycles. The van der Waals surface area contributed by atoms with Crippen molar-refractivity contribution in [1.29, 1.82) is 0 Å². The summed E-state index contributed by atoms with van der Waals surface area (Å²) in [5, 5.41) is 0. The fourth-order valence-corrected chi connectivity index (χ4v) is 2.55. The number of likely N-dealkylation sites (tertiary alicyclic amines) is 1. The van der Waals surface area contributed by atoms with Crippen LogP contribution in [0.15, 0.2) is 0 Å². The van der Waals surface area contributed by atoms with Gasteiger partial charge in [-0.25, -0.2) is 0 Å². The Labute approximate surface area is 88.4 Å². The molecule has 0 saturated carbocycles. The molecule has 0 atom stereocenters. The Bertz CT molecular complexity index is 120. The van der Waals surface area contributed by atoms with Gasteiger partial charge >= 0.3 is 0 Å². The predicted molar refractivity (Wildman–Crippen MR) is 58.8 cm³/mol. The van der Waals surface area contributed by atoms with E-state index >= 15 is 0 Å². The molecule has 1 rings (SSSR count). The van der Waals surface area contributed by atoms with Crippen molar-refractivity contribution in [3.05, 3.63) is 0 Å². The number of hydrogen-bond acceptors (Lipinski definition) is 0. The normalized spacial score (nSPS) is 19.3. The van der Waals surface area contributed by atoms with Gasteiger partial charge in [0.1, 0.15) is 0 Å². The second-order valence-electron chi connectivity index (χ2n) is 4.65. The maximum atomic E-state index is 2.31. The molecule has 0 radical (unpaired) electrons. The van der Waals surface area contributed by atoms with Crippen LogP contribution in [0.1, 0.15) is 52.4 Å². The van der Waals surface area contributed by atoms with Crippen molar-refractivity contribution in [2.75, 3.05) is 26.2 Å². The molecule has 2 heteroatoms. The van der Waals surface area contributed by atoms with Crippen molar-refractivity contribution in [3.8, 4) is 0 Å². The van der Waals surface area contributed by atoms with Gasteiger partial charge in [-0.15, -0.1) is 0 Å². The summed E-state index contributed by atoms with van der Waals surface area (Å²) in [7, 11) is 0. The maximum Gasteiger partial charge on any atom is 0.0788 e. The van der Waals surface area contributed by atoms with E-state index < -0.39 is 0 Å². The van der Waals surface area contributed by atoms with E-state index in [1.54, 1.807) is 0 Å². The van der Waals surface area contributed by atoms with E-state index in [1.165, 1.54) is 69.2 Å². The Kier molecular flexibility index (Phi) is 7.16. The quantitative estimate of drug-likeness (QED) is 0.541. The topological polar surface area (TPSA) is 0 Å². The van der Waals surface area contributed by atoms with Crippen molar-refractivity contribution in [1.82, 2.24) is 0 Å². The van der Waals surface area contributed by atoms with Crippen LogP contribution in [0.4, 0.5) is 0 Å². The zero-order valence-corrected chi connectivity index (χ0v) is 9.90. The van der Waals surface area contributed by atoms with E-state index in [4.69, 9.17) is 0 Å². The minimum atomic E-state index is 0. The molecule has 0 aromatic heterocycles. The van der Waals surface area contributed by atoms with Crippen molar-refractivity contribution in [2.24, 2.45) is 0 Å². The van der Waals surface area contributed by atoms with Gasteiger partial charge in [-0.3, -0.25) is 0 Å². The van der Waals surface area contributed by atoms with Gasteiger partial charge in [0.15, 0.2) is 0 Å². The molecule has 0 spiro atoms. The lowest BCUT2D eigenvalue weighted by molar-refractivity contribution is -0.917. The molecule has 1 aliphatic rings. The van der Waals surface area contributed by atoms with Crippen LogP contribution in [0, 0.1) is 0 Å². The molecule has 14 heavy (non-hydrogen) atoms. The van der Waals surface area contributed by atoms with Crippen molar-refractivity contribution < 1.29 is 9.19 Å². The first kappa shape index (κ1) is 13.9. The summed E-state index contributed by atoms with van der Waals surface area (Å²) in [4.78, 5) is 0. The monoisotopic (exact) mass is 203 g/mol. The summed E-state index contributed by atoms with van der Waals surface area (Å²) in [5.74, 6) is 0. The lowest BCUT2D eigenvalue weighted by Crippen LogP contribution is -3.00. The van der Waals surface area contributed by atoms with Crippen LogP contribution in [-0.4, -0.2) is 30.7 Å². The van der Waals surface area contributed by atoms with Crippen molar-refractivity contribution in [2.45, 2.75) is 52.4 Å². The van der Waals surface area contributed by atoms with Gasteiger partial charge in [0, 0.05) is 12.8 Å². The Balaban J connectivity index is 0.00000169. The predicted octanol–water partition coefficient (Wildman–Crippen LogP) is 0.201. The van der Waals surface area contributed by atoms with Crippen LogP contribution in [0.3, 0.4) is 0 Å². The van der Waals surface area contributed by atoms with Gasteiger partial charge < -0.3 is 9.19 Å². The molecule has 0 N–H and O–H groups in total. The molecular weight excluding hydrogens is 177 g/mol. The first-order valence-electron chi connectivity index (χ1n) is 6.18. The van der Waals surface area contributed by atoms with Crippen LogP contribution < -0.4 is 4.70 Å². The first-order chi connectivity index (χ1) is 6.33. The number of hydrogen-bond donors (Lipinski definition) is 0. The van der Waals surface area contributed by atoms with Gasteiger partial charge in [-0.2, -0.15) is 0 Å². The summed E-state index contributed by atoms with van der Waals surface area (Å²) >= 11 is 0. The highest BCUT2D eigenvalue weighted by Gasteiger charge is 2.29. The van der Waals surface area contributed by atoms with Gasteiger partial charge in [0.05, 0.1) is 26.2 Å². The second kappa shape index (κ2) is 7.22. The maximum absolute atomic E-state index is 2.31. The molecule has 0 unspecified atom stereocenters. The van der Waals surface area contributed by atoms with E-state index in [0.29, 0.717) is 0 Å². The van der Waals surface area contributed by atoms with Crippen LogP contribution in [0.25, 0.3) is 0 Å². The molecule has 1 nitrogen and oxygen atoms in total. The number of rotatable bonds is 6. The van der Waals surface area contributed by atoms with E-state index in [0.717, 1.165) is 0 Å². The average Bonchev–Trinajstić information content (AvgIpc) is 2.61. The van der Waals surface area contributed by atoms with Crippen molar-refractivity contribution >= 4 is 0 Å². The highest BCUT2D eigenvalue weighted by Crippen LogP contribution is 2.21. The number of nitrogens with zero attached hydrogens (tertiary/aromatic N) is 1. The highest BCUT2D eigenvalue weighted by molar-refractivity contribution is 4.55. The highest BCUT2D eigenvalue weighted by atomic mass is 19.0. The summed E-state index contributed by atoms with van der Waals surface area (Å²) in [5.41, 5.74) is 0. The molecule has 1 fully saturated rings. The third-order valence-corrected chi connectivity index (χ3v) is 3.49. The Hall–Kier alpha value is -0.110. The Morgan fingerprint density at radius 2 is 1.29 bits per heavy atom. The van der Waals surface area contributed by atoms with E-state index in [1.807, 2.05) is 0 Å². The van der Waals surface area contributed by atoms with Gasteiger partial charge in [0.2, 0.25) is 0 Å². The summed E-state index contributed by atoms with van der Waals surface area (Å²) in [6, 6.07) is 0. The SMILES string of the molecule is CCCC[N+]1(CCCC)CCCC1.[F-]. The zero-order chi connectivity index (χ0) is 9.57. The number of unbranched alkanes of at least 4 members (excludes halogenated alkanes) is 2. The Morgan fingerprint density at radius 1 is 0.857 bits per heavy atom. The molecular formula is C12H26FN. The molecule has 0 aliphatic carbocycles. The smallest absolute Gasteiger partial charge is 0.0788 e. The molecule has 1 saturated heterocycles. The molecule has 0 aromatic carbocycles.